The van der Waals surface area contributed by atoms with Crippen molar-refractivity contribution in [1.82, 2.24) is 34.4 Å². The van der Waals surface area contributed by atoms with Gasteiger partial charge in [0, 0.05) is 24.6 Å². The molecule has 1 fully saturated rings. The monoisotopic (exact) mass is 311 g/mol. The van der Waals surface area contributed by atoms with Crippen LogP contribution in [-0.4, -0.2) is 41.1 Å². The van der Waals surface area contributed by atoms with Crippen molar-refractivity contribution < 1.29 is 4.79 Å². The molecule has 0 unspecified atom stereocenters. The average Bonchev–Trinajstić information content (AvgIpc) is 3.25. The van der Waals surface area contributed by atoms with Crippen LogP contribution in [0.3, 0.4) is 0 Å². The first kappa shape index (κ1) is 13.9. The van der Waals surface area contributed by atoms with Crippen molar-refractivity contribution in [3.8, 4) is 0 Å². The lowest BCUT2D eigenvalue weighted by molar-refractivity contribution is 0.0917. The van der Waals surface area contributed by atoms with Gasteiger partial charge in [-0.2, -0.15) is 5.10 Å². The van der Waals surface area contributed by atoms with Gasteiger partial charge in [-0.15, -0.1) is 0 Å². The Morgan fingerprint density at radius 1 is 1.26 bits per heavy atom. The lowest BCUT2D eigenvalue weighted by atomic mass is 9.91. The molecule has 0 aromatic carbocycles. The van der Waals surface area contributed by atoms with E-state index in [1.54, 1.807) is 29.4 Å². The number of imidazole rings is 1. The van der Waals surface area contributed by atoms with Crippen LogP contribution in [0.4, 0.5) is 0 Å². The predicted octanol–water partition coefficient (Wildman–Crippen LogP) is 1.23. The first-order valence-corrected chi connectivity index (χ1v) is 7.74. The quantitative estimate of drug-likeness (QED) is 0.786. The highest BCUT2D eigenvalue weighted by molar-refractivity contribution is 5.92. The summed E-state index contributed by atoms with van der Waals surface area (Å²) in [6, 6.07) is 2.37. The molecule has 0 aliphatic heterocycles. The third-order valence-electron chi connectivity index (χ3n) is 4.31. The van der Waals surface area contributed by atoms with E-state index in [1.807, 2.05) is 16.9 Å². The second-order valence-electron chi connectivity index (χ2n) is 5.81. The SMILES string of the molecule is O=C(NC1CCC(n2cncn2)CC1)c1cn2cccnc2n1. The summed E-state index contributed by atoms with van der Waals surface area (Å²) in [5.74, 6) is 0.396. The van der Waals surface area contributed by atoms with Gasteiger partial charge in [0.1, 0.15) is 18.3 Å². The number of carbonyl (C=O) groups is 1. The van der Waals surface area contributed by atoms with Crippen LogP contribution in [-0.2, 0) is 0 Å². The van der Waals surface area contributed by atoms with E-state index in [4.69, 9.17) is 0 Å². The fourth-order valence-electron chi connectivity index (χ4n) is 3.09. The molecule has 3 aromatic rings. The molecule has 0 saturated heterocycles. The van der Waals surface area contributed by atoms with E-state index in [-0.39, 0.29) is 11.9 Å². The van der Waals surface area contributed by atoms with Gasteiger partial charge in [-0.05, 0) is 31.7 Å². The molecule has 0 atom stereocenters. The number of nitrogens with one attached hydrogen (secondary N) is 1. The maximum atomic E-state index is 12.4. The third-order valence-corrected chi connectivity index (χ3v) is 4.31. The molecule has 1 amide bonds. The molecule has 0 radical (unpaired) electrons. The van der Waals surface area contributed by atoms with Crippen molar-refractivity contribution in [2.24, 2.45) is 0 Å². The van der Waals surface area contributed by atoms with Gasteiger partial charge in [-0.1, -0.05) is 0 Å². The van der Waals surface area contributed by atoms with Crippen molar-refractivity contribution in [3.05, 3.63) is 43.0 Å². The Bertz CT molecular complexity index is 769. The van der Waals surface area contributed by atoms with Gasteiger partial charge in [-0.3, -0.25) is 9.20 Å². The summed E-state index contributed by atoms with van der Waals surface area (Å²) < 4.78 is 3.66. The molecule has 23 heavy (non-hydrogen) atoms. The zero-order valence-electron chi connectivity index (χ0n) is 12.5. The van der Waals surface area contributed by atoms with Crippen LogP contribution in [0.15, 0.2) is 37.3 Å². The van der Waals surface area contributed by atoms with Crippen LogP contribution in [0, 0.1) is 0 Å². The summed E-state index contributed by atoms with van der Waals surface area (Å²) in [5, 5.41) is 7.27. The number of rotatable bonds is 3. The molecule has 8 nitrogen and oxygen atoms in total. The average molecular weight is 311 g/mol. The van der Waals surface area contributed by atoms with E-state index in [1.165, 1.54) is 0 Å². The first-order chi connectivity index (χ1) is 11.3. The van der Waals surface area contributed by atoms with Gasteiger partial charge in [-0.25, -0.2) is 19.6 Å². The molecule has 3 heterocycles. The standard InChI is InChI=1S/C15H17N7O/c23-14(13-8-21-7-1-6-17-15(21)20-13)19-11-2-4-12(5-3-11)22-10-16-9-18-22/h1,6-12H,2-5H2,(H,19,23). The summed E-state index contributed by atoms with van der Waals surface area (Å²) in [7, 11) is 0. The predicted molar refractivity (Wildman–Crippen MR) is 81.8 cm³/mol. The molecule has 3 aromatic heterocycles. The van der Waals surface area contributed by atoms with Crippen LogP contribution in [0.25, 0.3) is 5.78 Å². The van der Waals surface area contributed by atoms with Gasteiger partial charge < -0.3 is 5.32 Å². The Morgan fingerprint density at radius 2 is 2.13 bits per heavy atom. The van der Waals surface area contributed by atoms with Crippen LogP contribution >= 0.6 is 0 Å². The van der Waals surface area contributed by atoms with E-state index in [9.17, 15) is 4.79 Å². The highest BCUT2D eigenvalue weighted by Crippen LogP contribution is 2.27. The van der Waals surface area contributed by atoms with Crippen molar-refractivity contribution in [3.63, 3.8) is 0 Å². The first-order valence-electron chi connectivity index (χ1n) is 7.74. The molecule has 0 spiro atoms. The second-order valence-corrected chi connectivity index (χ2v) is 5.81. The number of fused-ring (bicyclic) bond motifs is 1. The Balaban J connectivity index is 1.38. The second kappa shape index (κ2) is 5.79. The topological polar surface area (TPSA) is 90.0 Å². The van der Waals surface area contributed by atoms with E-state index in [2.05, 4.69) is 25.4 Å². The van der Waals surface area contributed by atoms with Gasteiger partial charge >= 0.3 is 0 Å². The van der Waals surface area contributed by atoms with Crippen molar-refractivity contribution in [1.29, 1.82) is 0 Å². The largest absolute Gasteiger partial charge is 0.348 e. The number of hydrogen-bond donors (Lipinski definition) is 1. The fraction of sp³-hybridized carbons (Fsp3) is 0.400. The summed E-state index contributed by atoms with van der Waals surface area (Å²) >= 11 is 0. The smallest absolute Gasteiger partial charge is 0.271 e. The molecule has 0 bridgehead atoms. The van der Waals surface area contributed by atoms with Crippen LogP contribution < -0.4 is 5.32 Å². The Kier molecular flexibility index (Phi) is 3.49. The number of amides is 1. The minimum absolute atomic E-state index is 0.139. The fourth-order valence-corrected chi connectivity index (χ4v) is 3.09. The Morgan fingerprint density at radius 3 is 2.87 bits per heavy atom. The number of carbonyl (C=O) groups excluding carboxylic acids is 1. The van der Waals surface area contributed by atoms with Crippen molar-refractivity contribution in [2.45, 2.75) is 37.8 Å². The van der Waals surface area contributed by atoms with Crippen LogP contribution in [0.2, 0.25) is 0 Å². The molecule has 1 saturated carbocycles. The zero-order valence-corrected chi connectivity index (χ0v) is 12.5. The number of aromatic nitrogens is 6. The minimum atomic E-state index is -0.139. The molecular formula is C15H17N7O. The van der Waals surface area contributed by atoms with E-state index in [0.29, 0.717) is 17.5 Å². The molecule has 1 N–H and O–H groups in total. The molecule has 1 aliphatic rings. The van der Waals surface area contributed by atoms with E-state index in [0.717, 1.165) is 25.7 Å². The Hall–Kier alpha value is -2.77. The minimum Gasteiger partial charge on any atom is -0.348 e. The van der Waals surface area contributed by atoms with Gasteiger partial charge in [0.25, 0.3) is 5.91 Å². The lowest BCUT2D eigenvalue weighted by Crippen LogP contribution is -2.38. The maximum Gasteiger partial charge on any atom is 0.271 e. The molecule has 118 valence electrons. The highest BCUT2D eigenvalue weighted by Gasteiger charge is 2.24. The van der Waals surface area contributed by atoms with Crippen molar-refractivity contribution in [2.75, 3.05) is 0 Å². The molecular weight excluding hydrogens is 294 g/mol. The van der Waals surface area contributed by atoms with Gasteiger partial charge in [0.15, 0.2) is 0 Å². The van der Waals surface area contributed by atoms with E-state index >= 15 is 0 Å². The summed E-state index contributed by atoms with van der Waals surface area (Å²) in [6.45, 7) is 0. The highest BCUT2D eigenvalue weighted by atomic mass is 16.2. The zero-order chi connectivity index (χ0) is 15.6. The maximum absolute atomic E-state index is 12.4. The third kappa shape index (κ3) is 2.79. The number of hydrogen-bond acceptors (Lipinski definition) is 5. The molecule has 4 rings (SSSR count). The summed E-state index contributed by atoms with van der Waals surface area (Å²) in [4.78, 5) is 24.7. The van der Waals surface area contributed by atoms with Crippen molar-refractivity contribution >= 4 is 11.7 Å². The van der Waals surface area contributed by atoms with Crippen LogP contribution in [0.5, 0.6) is 0 Å². The van der Waals surface area contributed by atoms with Gasteiger partial charge in [0.2, 0.25) is 5.78 Å². The number of nitrogens with zero attached hydrogens (tertiary/aromatic N) is 6. The van der Waals surface area contributed by atoms with E-state index < -0.39 is 0 Å². The van der Waals surface area contributed by atoms with Gasteiger partial charge in [0.05, 0.1) is 6.04 Å². The molecule has 8 heteroatoms. The summed E-state index contributed by atoms with van der Waals surface area (Å²) in [5.41, 5.74) is 0.405. The molecule has 1 aliphatic carbocycles. The lowest BCUT2D eigenvalue weighted by Gasteiger charge is -2.28. The summed E-state index contributed by atoms with van der Waals surface area (Å²) in [6.07, 6.45) is 12.4. The van der Waals surface area contributed by atoms with Crippen LogP contribution in [0.1, 0.15) is 42.2 Å². The Labute approximate surface area is 132 Å². The normalized spacial score (nSPS) is 21.4.